The maximum Gasteiger partial charge on any atom is 0.251 e. The molecule has 0 aliphatic carbocycles. The molecule has 1 N–H and O–H groups in total. The summed E-state index contributed by atoms with van der Waals surface area (Å²) in [6.45, 7) is 3.49. The molecule has 1 saturated heterocycles. The van der Waals surface area contributed by atoms with Crippen LogP contribution < -0.4 is 10.2 Å². The molecule has 0 bridgehead atoms. The zero-order valence-corrected chi connectivity index (χ0v) is 15.6. The Morgan fingerprint density at radius 3 is 2.96 bits per heavy atom. The molecule has 2 aliphatic rings. The Morgan fingerprint density at radius 2 is 2.11 bits per heavy atom. The van der Waals surface area contributed by atoms with Crippen molar-refractivity contribution in [3.63, 3.8) is 0 Å². The van der Waals surface area contributed by atoms with Crippen molar-refractivity contribution < 1.29 is 4.79 Å². The number of aliphatic imine (C=N–C) groups is 1. The lowest BCUT2D eigenvalue weighted by molar-refractivity contribution is 0.0939. The first-order valence-electron chi connectivity index (χ1n) is 9.48. The van der Waals surface area contributed by atoms with Crippen molar-refractivity contribution in [2.75, 3.05) is 31.6 Å². The number of fused-ring (bicyclic) bond motifs is 1. The van der Waals surface area contributed by atoms with Crippen molar-refractivity contribution in [2.45, 2.75) is 25.4 Å². The van der Waals surface area contributed by atoms with Gasteiger partial charge in [-0.3, -0.25) is 9.79 Å². The zero-order valence-electron chi connectivity index (χ0n) is 15.6. The molecule has 1 amide bonds. The van der Waals surface area contributed by atoms with E-state index < -0.39 is 0 Å². The Morgan fingerprint density at radius 1 is 1.26 bits per heavy atom. The number of rotatable bonds is 4. The number of hydrogen-bond acceptors (Lipinski definition) is 4. The minimum absolute atomic E-state index is 0.0312. The molecule has 0 radical (unpaired) electrons. The molecule has 2 aromatic rings. The summed E-state index contributed by atoms with van der Waals surface area (Å²) in [4.78, 5) is 25.6. The van der Waals surface area contributed by atoms with Crippen LogP contribution in [0.1, 0.15) is 27.9 Å². The molecular weight excluding hydrogens is 338 g/mol. The van der Waals surface area contributed by atoms with Gasteiger partial charge >= 0.3 is 0 Å². The van der Waals surface area contributed by atoms with E-state index in [2.05, 4.69) is 49.4 Å². The lowest BCUT2D eigenvalue weighted by Gasteiger charge is -2.30. The highest BCUT2D eigenvalue weighted by Crippen LogP contribution is 2.23. The van der Waals surface area contributed by atoms with Gasteiger partial charge in [-0.05, 0) is 36.1 Å². The first-order valence-corrected chi connectivity index (χ1v) is 9.48. The molecule has 27 heavy (non-hydrogen) atoms. The van der Waals surface area contributed by atoms with E-state index in [1.54, 1.807) is 19.3 Å². The van der Waals surface area contributed by atoms with Crippen LogP contribution in [0, 0.1) is 0 Å². The summed E-state index contributed by atoms with van der Waals surface area (Å²) in [6, 6.07) is 12.4. The number of carbonyl (C=O) groups excluding carboxylic acids is 1. The molecule has 1 atom stereocenters. The van der Waals surface area contributed by atoms with E-state index in [0.717, 1.165) is 44.8 Å². The second kappa shape index (κ2) is 7.78. The van der Waals surface area contributed by atoms with Crippen LogP contribution in [0.3, 0.4) is 0 Å². The van der Waals surface area contributed by atoms with E-state index in [1.807, 2.05) is 12.4 Å². The molecule has 6 nitrogen and oxygen atoms in total. The van der Waals surface area contributed by atoms with Crippen LogP contribution in [0.5, 0.6) is 0 Å². The summed E-state index contributed by atoms with van der Waals surface area (Å²) >= 11 is 0. The van der Waals surface area contributed by atoms with Crippen molar-refractivity contribution in [3.05, 3.63) is 59.3 Å². The lowest BCUT2D eigenvalue weighted by atomic mass is 10.00. The van der Waals surface area contributed by atoms with Crippen LogP contribution in [-0.2, 0) is 13.0 Å². The number of likely N-dealkylation sites (tertiary alicyclic amines) is 1. The Bertz CT molecular complexity index is 850. The van der Waals surface area contributed by atoms with Gasteiger partial charge in [0.05, 0.1) is 6.34 Å². The summed E-state index contributed by atoms with van der Waals surface area (Å²) < 4.78 is 0. The fourth-order valence-electron chi connectivity index (χ4n) is 3.87. The van der Waals surface area contributed by atoms with Crippen LogP contribution in [0.2, 0.25) is 0 Å². The number of benzene rings is 1. The predicted octanol–water partition coefficient (Wildman–Crippen LogP) is 2.11. The average molecular weight is 363 g/mol. The summed E-state index contributed by atoms with van der Waals surface area (Å²) in [7, 11) is 1.77. The summed E-state index contributed by atoms with van der Waals surface area (Å²) in [5.41, 5.74) is 3.41. The molecule has 2 aliphatic heterocycles. The number of hydrogen-bond donors (Lipinski definition) is 1. The van der Waals surface area contributed by atoms with Crippen LogP contribution in [0.25, 0.3) is 0 Å². The van der Waals surface area contributed by atoms with E-state index >= 15 is 0 Å². The van der Waals surface area contributed by atoms with Gasteiger partial charge in [0.2, 0.25) is 0 Å². The minimum Gasteiger partial charge on any atom is -0.361 e. The van der Waals surface area contributed by atoms with Crippen LogP contribution >= 0.6 is 0 Å². The first-order chi connectivity index (χ1) is 13.2. The molecule has 140 valence electrons. The molecule has 0 spiro atoms. The maximum atomic E-state index is 12.7. The predicted molar refractivity (Wildman–Crippen MR) is 107 cm³/mol. The number of amides is 1. The highest BCUT2D eigenvalue weighted by Gasteiger charge is 2.23. The lowest BCUT2D eigenvalue weighted by Crippen LogP contribution is -2.37. The van der Waals surface area contributed by atoms with Gasteiger partial charge in [-0.2, -0.15) is 0 Å². The normalized spacial score (nSPS) is 19.4. The van der Waals surface area contributed by atoms with Gasteiger partial charge in [0, 0.05) is 51.0 Å². The Kier molecular flexibility index (Phi) is 5.05. The van der Waals surface area contributed by atoms with Crippen molar-refractivity contribution in [2.24, 2.45) is 4.99 Å². The Labute approximate surface area is 159 Å². The molecule has 1 aromatic carbocycles. The number of nitrogens with one attached hydrogen (secondary N) is 1. The minimum atomic E-state index is -0.0312. The van der Waals surface area contributed by atoms with E-state index in [-0.39, 0.29) is 11.9 Å². The zero-order chi connectivity index (χ0) is 18.6. The molecule has 1 aromatic heterocycles. The second-order valence-electron chi connectivity index (χ2n) is 7.17. The molecule has 6 heteroatoms. The van der Waals surface area contributed by atoms with Gasteiger partial charge in [-0.25, -0.2) is 4.98 Å². The van der Waals surface area contributed by atoms with E-state index in [4.69, 9.17) is 0 Å². The smallest absolute Gasteiger partial charge is 0.251 e. The van der Waals surface area contributed by atoms with E-state index in [9.17, 15) is 4.79 Å². The Balaban J connectivity index is 1.43. The number of aromatic nitrogens is 1. The average Bonchev–Trinajstić information content (AvgIpc) is 3.15. The third kappa shape index (κ3) is 3.94. The summed E-state index contributed by atoms with van der Waals surface area (Å²) in [5.74, 6) is 0.833. The van der Waals surface area contributed by atoms with Gasteiger partial charge in [-0.15, -0.1) is 0 Å². The van der Waals surface area contributed by atoms with Crippen molar-refractivity contribution in [1.29, 1.82) is 0 Å². The third-order valence-corrected chi connectivity index (χ3v) is 5.30. The number of carbonyl (C=O) groups is 1. The molecule has 0 saturated carbocycles. The summed E-state index contributed by atoms with van der Waals surface area (Å²) in [6.07, 6.45) is 5.52. The molecule has 1 fully saturated rings. The molecule has 0 unspecified atom stereocenters. The Hall–Kier alpha value is -2.89. The van der Waals surface area contributed by atoms with Gasteiger partial charge in [0.15, 0.2) is 0 Å². The SMILES string of the molecule is CN=CN1CC[C@@H](NC(=O)c2ccnc(N3CCc4ccccc4C3)c2)C1. The van der Waals surface area contributed by atoms with Gasteiger partial charge in [0.1, 0.15) is 5.82 Å². The van der Waals surface area contributed by atoms with Crippen LogP contribution in [0.4, 0.5) is 5.82 Å². The first kappa shape index (κ1) is 17.5. The standard InChI is InChI=1S/C21H25N5O/c1-22-15-25-10-8-19(14-25)24-21(27)17-6-9-23-20(12-17)26-11-7-16-4-2-3-5-18(16)13-26/h2-6,9,12,15,19H,7-8,10-11,13-14H2,1H3,(H,24,27)/t19-/m1/s1. The molecule has 4 rings (SSSR count). The third-order valence-electron chi connectivity index (χ3n) is 5.30. The van der Waals surface area contributed by atoms with Crippen molar-refractivity contribution in [1.82, 2.24) is 15.2 Å². The highest BCUT2D eigenvalue weighted by atomic mass is 16.1. The largest absolute Gasteiger partial charge is 0.361 e. The van der Waals surface area contributed by atoms with Gasteiger partial charge < -0.3 is 15.1 Å². The molecular formula is C21H25N5O. The fraction of sp³-hybridized carbons (Fsp3) is 0.381. The van der Waals surface area contributed by atoms with Gasteiger partial charge in [-0.1, -0.05) is 24.3 Å². The van der Waals surface area contributed by atoms with Crippen molar-refractivity contribution >= 4 is 18.1 Å². The topological polar surface area (TPSA) is 60.8 Å². The number of anilines is 1. The monoisotopic (exact) mass is 363 g/mol. The van der Waals surface area contributed by atoms with Crippen LogP contribution in [0.15, 0.2) is 47.6 Å². The highest BCUT2D eigenvalue weighted by molar-refractivity contribution is 5.95. The second-order valence-corrected chi connectivity index (χ2v) is 7.17. The van der Waals surface area contributed by atoms with E-state index in [1.165, 1.54) is 11.1 Å². The number of pyridine rings is 1. The van der Waals surface area contributed by atoms with Crippen LogP contribution in [-0.4, -0.2) is 54.9 Å². The van der Waals surface area contributed by atoms with Gasteiger partial charge in [0.25, 0.3) is 5.91 Å². The quantitative estimate of drug-likeness (QED) is 0.668. The maximum absolute atomic E-state index is 12.7. The molecule has 3 heterocycles. The summed E-state index contributed by atoms with van der Waals surface area (Å²) in [5, 5.41) is 3.14. The fourth-order valence-corrected chi connectivity index (χ4v) is 3.87. The number of nitrogens with zero attached hydrogens (tertiary/aromatic N) is 4. The van der Waals surface area contributed by atoms with E-state index in [0.29, 0.717) is 5.56 Å². The van der Waals surface area contributed by atoms with Crippen molar-refractivity contribution in [3.8, 4) is 0 Å².